The number of benzene rings is 2. The van der Waals surface area contributed by atoms with E-state index in [0.29, 0.717) is 10.1 Å². The number of carbonyl (C=O) groups is 1. The van der Waals surface area contributed by atoms with Crippen molar-refractivity contribution in [3.63, 3.8) is 0 Å². The molecule has 9 heteroatoms. The van der Waals surface area contributed by atoms with Gasteiger partial charge in [0.1, 0.15) is 12.4 Å². The van der Waals surface area contributed by atoms with Crippen molar-refractivity contribution < 1.29 is 22.4 Å². The molecule has 1 N–H and O–H groups in total. The van der Waals surface area contributed by atoms with Crippen LogP contribution in [0.4, 0.5) is 23.2 Å². The van der Waals surface area contributed by atoms with Gasteiger partial charge in [0.05, 0.1) is 16.7 Å². The predicted molar refractivity (Wildman–Crippen MR) is 95.5 cm³/mol. The maximum Gasteiger partial charge on any atom is 0.438 e. The Kier molecular flexibility index (Phi) is 4.93. The molecule has 0 radical (unpaired) electrons. The average Bonchev–Trinajstić information content (AvgIpc) is 2.60. The van der Waals surface area contributed by atoms with E-state index in [4.69, 9.17) is 0 Å². The molecule has 0 bridgehead atoms. The van der Waals surface area contributed by atoms with Crippen molar-refractivity contribution in [2.75, 3.05) is 5.32 Å². The van der Waals surface area contributed by atoms with E-state index in [2.05, 4.69) is 10.3 Å². The summed E-state index contributed by atoms with van der Waals surface area (Å²) in [4.78, 5) is 28.2. The third-order valence-electron chi connectivity index (χ3n) is 4.28. The number of nitrogens with one attached hydrogen (secondary N) is 1. The summed E-state index contributed by atoms with van der Waals surface area (Å²) in [6.07, 6.45) is -4.98. The van der Waals surface area contributed by atoms with E-state index in [1.165, 1.54) is 30.3 Å². The van der Waals surface area contributed by atoms with E-state index in [0.717, 1.165) is 11.6 Å². The molecule has 1 aromatic heterocycles. The van der Waals surface area contributed by atoms with Crippen LogP contribution >= 0.6 is 0 Å². The Morgan fingerprint density at radius 1 is 1.14 bits per heavy atom. The van der Waals surface area contributed by atoms with Gasteiger partial charge in [-0.05, 0) is 49.2 Å². The number of rotatable bonds is 3. The second-order valence-corrected chi connectivity index (χ2v) is 6.30. The summed E-state index contributed by atoms with van der Waals surface area (Å²) < 4.78 is 54.1. The number of nitrogens with zero attached hydrogens (tertiary/aromatic N) is 2. The van der Waals surface area contributed by atoms with Crippen molar-refractivity contribution in [1.82, 2.24) is 9.55 Å². The van der Waals surface area contributed by atoms with Crippen molar-refractivity contribution in [2.24, 2.45) is 0 Å². The van der Waals surface area contributed by atoms with Gasteiger partial charge < -0.3 is 5.32 Å². The maximum absolute atomic E-state index is 13.7. The van der Waals surface area contributed by atoms with Crippen LogP contribution in [0.1, 0.15) is 16.8 Å². The van der Waals surface area contributed by atoms with Crippen LogP contribution in [0.25, 0.3) is 11.0 Å². The Balaban J connectivity index is 2.11. The first kappa shape index (κ1) is 19.5. The number of halogens is 4. The van der Waals surface area contributed by atoms with Gasteiger partial charge >= 0.3 is 6.18 Å². The highest BCUT2D eigenvalue weighted by atomic mass is 19.4. The second kappa shape index (κ2) is 7.06. The number of aryl methyl sites for hydroxylation is 2. The number of anilines is 1. The van der Waals surface area contributed by atoms with Crippen LogP contribution in [0.15, 0.2) is 41.2 Å². The summed E-state index contributed by atoms with van der Waals surface area (Å²) in [5.74, 6) is -1.55. The quantitative estimate of drug-likeness (QED) is 0.689. The lowest BCUT2D eigenvalue weighted by Crippen LogP contribution is -2.34. The lowest BCUT2D eigenvalue weighted by molar-refractivity contribution is -0.142. The van der Waals surface area contributed by atoms with Crippen molar-refractivity contribution in [2.45, 2.75) is 26.6 Å². The highest BCUT2D eigenvalue weighted by Gasteiger charge is 2.37. The number of amides is 1. The zero-order chi connectivity index (χ0) is 20.6. The molecule has 3 aromatic rings. The van der Waals surface area contributed by atoms with Gasteiger partial charge in [0, 0.05) is 0 Å². The standard InChI is InChI=1S/C19H15F4N3O2/c1-10-7-14-15(8-11(10)2)26(18(28)17(25-14)19(21,22)23)9-16(27)24-13-6-4-3-5-12(13)20/h3-8H,9H2,1-2H3,(H,24,27). The van der Waals surface area contributed by atoms with Gasteiger partial charge in [0.25, 0.3) is 5.56 Å². The van der Waals surface area contributed by atoms with Gasteiger partial charge in [-0.1, -0.05) is 12.1 Å². The molecule has 0 aliphatic carbocycles. The van der Waals surface area contributed by atoms with Gasteiger partial charge in [0.15, 0.2) is 0 Å². The fraction of sp³-hybridized carbons (Fsp3) is 0.211. The van der Waals surface area contributed by atoms with Crippen molar-refractivity contribution in [1.29, 1.82) is 0 Å². The Hall–Kier alpha value is -3.23. The maximum atomic E-state index is 13.7. The number of aromatic nitrogens is 2. The van der Waals surface area contributed by atoms with Crippen LogP contribution in [-0.4, -0.2) is 15.5 Å². The number of carbonyl (C=O) groups excluding carboxylic acids is 1. The molecule has 0 unspecified atom stereocenters. The molecule has 2 aromatic carbocycles. The van der Waals surface area contributed by atoms with Crippen LogP contribution < -0.4 is 10.9 Å². The highest BCUT2D eigenvalue weighted by molar-refractivity contribution is 5.91. The first-order valence-electron chi connectivity index (χ1n) is 8.21. The molecule has 146 valence electrons. The van der Waals surface area contributed by atoms with E-state index in [-0.39, 0.29) is 16.7 Å². The third-order valence-corrected chi connectivity index (χ3v) is 4.28. The summed E-state index contributed by atoms with van der Waals surface area (Å²) in [6.45, 7) is 2.70. The molecule has 28 heavy (non-hydrogen) atoms. The first-order chi connectivity index (χ1) is 13.1. The van der Waals surface area contributed by atoms with E-state index in [9.17, 15) is 27.2 Å². The van der Waals surface area contributed by atoms with E-state index in [1.807, 2.05) is 0 Å². The van der Waals surface area contributed by atoms with E-state index < -0.39 is 35.7 Å². The zero-order valence-corrected chi connectivity index (χ0v) is 14.9. The molecule has 0 aliphatic heterocycles. The van der Waals surface area contributed by atoms with Gasteiger partial charge in [-0.2, -0.15) is 13.2 Å². The fourth-order valence-electron chi connectivity index (χ4n) is 2.73. The van der Waals surface area contributed by atoms with Gasteiger partial charge in [0.2, 0.25) is 11.6 Å². The van der Waals surface area contributed by atoms with Crippen LogP contribution in [0.3, 0.4) is 0 Å². The molecule has 0 saturated heterocycles. The smallest absolute Gasteiger partial charge is 0.322 e. The third kappa shape index (κ3) is 3.73. The van der Waals surface area contributed by atoms with E-state index >= 15 is 0 Å². The number of fused-ring (bicyclic) bond motifs is 1. The van der Waals surface area contributed by atoms with Crippen molar-refractivity contribution in [3.05, 3.63) is 69.4 Å². The minimum Gasteiger partial charge on any atom is -0.322 e. The normalized spacial score (nSPS) is 11.6. The van der Waals surface area contributed by atoms with Crippen LogP contribution in [0.5, 0.6) is 0 Å². The molecular weight excluding hydrogens is 378 g/mol. The molecule has 0 saturated carbocycles. The summed E-state index contributed by atoms with van der Waals surface area (Å²) in [6, 6.07) is 8.25. The van der Waals surface area contributed by atoms with Gasteiger partial charge in [-0.15, -0.1) is 0 Å². The monoisotopic (exact) mass is 393 g/mol. The number of hydrogen-bond acceptors (Lipinski definition) is 3. The molecule has 0 fully saturated rings. The van der Waals surface area contributed by atoms with Crippen molar-refractivity contribution >= 4 is 22.6 Å². The van der Waals surface area contributed by atoms with Crippen molar-refractivity contribution in [3.8, 4) is 0 Å². The minimum absolute atomic E-state index is 0.0614. The summed E-state index contributed by atoms with van der Waals surface area (Å²) >= 11 is 0. The zero-order valence-electron chi connectivity index (χ0n) is 14.9. The van der Waals surface area contributed by atoms with Crippen LogP contribution in [-0.2, 0) is 17.5 Å². The topological polar surface area (TPSA) is 64.0 Å². The lowest BCUT2D eigenvalue weighted by Gasteiger charge is -2.15. The molecule has 0 aliphatic rings. The number of hydrogen-bond donors (Lipinski definition) is 1. The molecule has 3 rings (SSSR count). The number of para-hydroxylation sites is 1. The Labute approximate surface area is 156 Å². The highest BCUT2D eigenvalue weighted by Crippen LogP contribution is 2.27. The SMILES string of the molecule is Cc1cc2nc(C(F)(F)F)c(=O)n(CC(=O)Nc3ccccc3F)c2cc1C. The summed E-state index contributed by atoms with van der Waals surface area (Å²) in [5, 5.41) is 2.26. The Bertz CT molecular complexity index is 1140. The van der Waals surface area contributed by atoms with Gasteiger partial charge in [-0.25, -0.2) is 9.37 Å². The Morgan fingerprint density at radius 3 is 2.43 bits per heavy atom. The molecule has 5 nitrogen and oxygen atoms in total. The summed E-state index contributed by atoms with van der Waals surface area (Å²) in [7, 11) is 0. The van der Waals surface area contributed by atoms with E-state index in [1.54, 1.807) is 13.8 Å². The molecule has 0 atom stereocenters. The van der Waals surface area contributed by atoms with Crippen LogP contribution in [0, 0.1) is 19.7 Å². The fourth-order valence-corrected chi connectivity index (χ4v) is 2.73. The lowest BCUT2D eigenvalue weighted by atomic mass is 10.1. The average molecular weight is 393 g/mol. The molecule has 1 amide bonds. The number of alkyl halides is 3. The Morgan fingerprint density at radius 2 is 1.79 bits per heavy atom. The predicted octanol–water partition coefficient (Wildman–Crippen LogP) is 3.81. The van der Waals surface area contributed by atoms with Crippen LogP contribution in [0.2, 0.25) is 0 Å². The molecule has 0 spiro atoms. The molecular formula is C19H15F4N3O2. The second-order valence-electron chi connectivity index (χ2n) is 6.30. The van der Waals surface area contributed by atoms with Gasteiger partial charge in [-0.3, -0.25) is 14.2 Å². The summed E-state index contributed by atoms with van der Waals surface area (Å²) in [5.41, 5.74) is -1.75. The minimum atomic E-state index is -4.98. The first-order valence-corrected chi connectivity index (χ1v) is 8.21. The molecule has 1 heterocycles. The largest absolute Gasteiger partial charge is 0.438 e.